The minimum atomic E-state index is -0.677. The molecule has 0 aromatic rings. The molecule has 0 aromatic heterocycles. The highest BCUT2D eigenvalue weighted by Gasteiger charge is 2.39. The summed E-state index contributed by atoms with van der Waals surface area (Å²) in [4.78, 5) is 17.1. The van der Waals surface area contributed by atoms with Crippen LogP contribution in [0, 0.1) is 5.92 Å². The Morgan fingerprint density at radius 1 is 1.17 bits per heavy atom. The maximum atomic E-state index is 12.7. The summed E-state index contributed by atoms with van der Waals surface area (Å²) in [5, 5.41) is 0. The molecule has 2 rings (SSSR count). The molecule has 2 N–H and O–H groups in total. The van der Waals surface area contributed by atoms with Gasteiger partial charge in [0.1, 0.15) is 0 Å². The molecule has 5 nitrogen and oxygen atoms in total. The molecule has 2 heterocycles. The van der Waals surface area contributed by atoms with Crippen LogP contribution in [0.1, 0.15) is 39.5 Å². The van der Waals surface area contributed by atoms with Crippen molar-refractivity contribution in [2.45, 2.75) is 45.1 Å². The molecule has 2 fully saturated rings. The second kappa shape index (κ2) is 10.7. The first-order chi connectivity index (χ1) is 10.1. The average molecular weight is 370 g/mol. The Morgan fingerprint density at radius 2 is 1.70 bits per heavy atom. The van der Waals surface area contributed by atoms with E-state index in [1.807, 2.05) is 4.90 Å². The summed E-state index contributed by atoms with van der Waals surface area (Å²) in [6, 6.07) is 0. The molecule has 0 atom stereocenters. The molecule has 0 unspecified atom stereocenters. The van der Waals surface area contributed by atoms with Crippen molar-refractivity contribution in [2.24, 2.45) is 11.7 Å². The van der Waals surface area contributed by atoms with E-state index in [1.54, 1.807) is 0 Å². The molecular weight excluding hydrogens is 337 g/mol. The number of piperidine rings is 1. The quantitative estimate of drug-likeness (QED) is 0.803. The summed E-state index contributed by atoms with van der Waals surface area (Å²) in [5.41, 5.74) is 5.64. The van der Waals surface area contributed by atoms with Crippen molar-refractivity contribution in [1.82, 2.24) is 9.80 Å². The van der Waals surface area contributed by atoms with Gasteiger partial charge in [-0.15, -0.1) is 24.8 Å². The van der Waals surface area contributed by atoms with Crippen molar-refractivity contribution < 1.29 is 9.53 Å². The van der Waals surface area contributed by atoms with E-state index in [4.69, 9.17) is 10.5 Å². The molecule has 2 aliphatic rings. The summed E-state index contributed by atoms with van der Waals surface area (Å²) in [6.45, 7) is 10.8. The third-order valence-electron chi connectivity index (χ3n) is 5.12. The number of rotatable bonds is 5. The average Bonchev–Trinajstić information content (AvgIpc) is 2.53. The van der Waals surface area contributed by atoms with E-state index in [1.165, 1.54) is 0 Å². The van der Waals surface area contributed by atoms with Crippen molar-refractivity contribution >= 4 is 30.7 Å². The molecule has 2 aliphatic heterocycles. The number of hydrogen-bond donors (Lipinski definition) is 1. The normalized spacial score (nSPS) is 21.5. The number of amides is 1. The molecule has 2 saturated heterocycles. The van der Waals surface area contributed by atoms with Gasteiger partial charge in [-0.3, -0.25) is 4.79 Å². The third-order valence-corrected chi connectivity index (χ3v) is 5.12. The minimum Gasteiger partial charge on any atom is -0.381 e. The molecule has 138 valence electrons. The van der Waals surface area contributed by atoms with Crippen LogP contribution in [0.3, 0.4) is 0 Å². The smallest absolute Gasteiger partial charge is 0.242 e. The van der Waals surface area contributed by atoms with Crippen LogP contribution in [0.15, 0.2) is 0 Å². The lowest BCUT2D eigenvalue weighted by atomic mass is 9.88. The van der Waals surface area contributed by atoms with Gasteiger partial charge in [0.2, 0.25) is 5.91 Å². The van der Waals surface area contributed by atoms with Crippen LogP contribution in [0.5, 0.6) is 0 Å². The number of carbonyl (C=O) groups excluding carboxylic acids is 1. The van der Waals surface area contributed by atoms with Gasteiger partial charge in [-0.05, 0) is 44.7 Å². The number of hydrogen-bond acceptors (Lipinski definition) is 4. The molecule has 0 aromatic carbocycles. The number of halogens is 2. The monoisotopic (exact) mass is 369 g/mol. The predicted molar refractivity (Wildman–Crippen MR) is 98.6 cm³/mol. The van der Waals surface area contributed by atoms with Gasteiger partial charge < -0.3 is 20.3 Å². The second-order valence-corrected chi connectivity index (χ2v) is 6.49. The van der Waals surface area contributed by atoms with Gasteiger partial charge in [0.25, 0.3) is 0 Å². The van der Waals surface area contributed by atoms with Crippen molar-refractivity contribution in [1.29, 1.82) is 0 Å². The Balaban J connectivity index is 0.00000242. The molecule has 0 spiro atoms. The highest BCUT2D eigenvalue weighted by molar-refractivity contribution is 5.86. The maximum Gasteiger partial charge on any atom is 0.242 e. The third kappa shape index (κ3) is 6.05. The highest BCUT2D eigenvalue weighted by atomic mass is 35.5. The Hall–Kier alpha value is -0.0700. The topological polar surface area (TPSA) is 58.8 Å². The van der Waals surface area contributed by atoms with E-state index in [2.05, 4.69) is 18.7 Å². The predicted octanol–water partition coefficient (Wildman–Crippen LogP) is 1.92. The zero-order valence-corrected chi connectivity index (χ0v) is 16.1. The lowest BCUT2D eigenvalue weighted by Gasteiger charge is -2.40. The largest absolute Gasteiger partial charge is 0.381 e. The van der Waals surface area contributed by atoms with Crippen LogP contribution in [0.4, 0.5) is 0 Å². The van der Waals surface area contributed by atoms with Crippen LogP contribution in [0.25, 0.3) is 0 Å². The number of ether oxygens (including phenoxy) is 1. The first-order valence-corrected chi connectivity index (χ1v) is 8.47. The van der Waals surface area contributed by atoms with Crippen LogP contribution >= 0.6 is 24.8 Å². The van der Waals surface area contributed by atoms with Crippen molar-refractivity contribution in [2.75, 3.05) is 45.9 Å². The fourth-order valence-corrected chi connectivity index (χ4v) is 3.43. The Labute approximate surface area is 153 Å². The van der Waals surface area contributed by atoms with E-state index in [0.717, 1.165) is 51.5 Å². The van der Waals surface area contributed by atoms with Gasteiger partial charge in [-0.1, -0.05) is 13.8 Å². The SMILES string of the molecule is CCN(CC)CC1CCN(C(=O)C2(N)CCOCC2)CC1.Cl.Cl. The summed E-state index contributed by atoms with van der Waals surface area (Å²) in [7, 11) is 0. The minimum absolute atomic E-state index is 0. The van der Waals surface area contributed by atoms with E-state index in [9.17, 15) is 4.79 Å². The van der Waals surface area contributed by atoms with Crippen molar-refractivity contribution in [3.8, 4) is 0 Å². The van der Waals surface area contributed by atoms with Crippen LogP contribution < -0.4 is 5.73 Å². The van der Waals surface area contributed by atoms with Crippen LogP contribution in [-0.2, 0) is 9.53 Å². The molecule has 0 radical (unpaired) electrons. The Kier molecular flexibility index (Phi) is 10.7. The fraction of sp³-hybridized carbons (Fsp3) is 0.938. The Bertz CT molecular complexity index is 340. The first-order valence-electron chi connectivity index (χ1n) is 8.47. The van der Waals surface area contributed by atoms with E-state index >= 15 is 0 Å². The summed E-state index contributed by atoms with van der Waals surface area (Å²) in [5.74, 6) is 0.865. The maximum absolute atomic E-state index is 12.7. The van der Waals surface area contributed by atoms with Crippen molar-refractivity contribution in [3.05, 3.63) is 0 Å². The second-order valence-electron chi connectivity index (χ2n) is 6.49. The molecule has 0 aliphatic carbocycles. The molecular formula is C16H33Cl2N3O2. The summed E-state index contributed by atoms with van der Waals surface area (Å²) in [6.07, 6.45) is 3.53. The number of likely N-dealkylation sites (tertiary alicyclic amines) is 1. The van der Waals surface area contributed by atoms with Crippen molar-refractivity contribution in [3.63, 3.8) is 0 Å². The molecule has 1 amide bonds. The Morgan fingerprint density at radius 3 is 2.17 bits per heavy atom. The summed E-state index contributed by atoms with van der Waals surface area (Å²) >= 11 is 0. The lowest BCUT2D eigenvalue weighted by molar-refractivity contribution is -0.142. The summed E-state index contributed by atoms with van der Waals surface area (Å²) < 4.78 is 5.33. The zero-order chi connectivity index (χ0) is 15.3. The van der Waals surface area contributed by atoms with Gasteiger partial charge in [-0.25, -0.2) is 0 Å². The fourth-order valence-electron chi connectivity index (χ4n) is 3.43. The van der Waals surface area contributed by atoms with E-state index in [-0.39, 0.29) is 30.7 Å². The van der Waals surface area contributed by atoms with Crippen LogP contribution in [0.2, 0.25) is 0 Å². The molecule has 7 heteroatoms. The van der Waals surface area contributed by atoms with E-state index < -0.39 is 5.54 Å². The lowest BCUT2D eigenvalue weighted by Crippen LogP contribution is -2.59. The van der Waals surface area contributed by atoms with Gasteiger partial charge in [0, 0.05) is 32.8 Å². The number of carbonyl (C=O) groups is 1. The zero-order valence-electron chi connectivity index (χ0n) is 14.5. The standard InChI is InChI=1S/C16H31N3O2.2ClH/c1-3-18(4-2)13-14-5-9-19(10-6-14)15(20)16(17)7-11-21-12-8-16;;/h14H,3-13,17H2,1-2H3;2*1H. The number of nitrogens with zero attached hydrogens (tertiary/aromatic N) is 2. The molecule has 23 heavy (non-hydrogen) atoms. The van der Waals surface area contributed by atoms with Gasteiger partial charge >= 0.3 is 0 Å². The van der Waals surface area contributed by atoms with E-state index in [0.29, 0.717) is 26.1 Å². The van der Waals surface area contributed by atoms with Gasteiger partial charge in [0.05, 0.1) is 5.54 Å². The molecule has 0 saturated carbocycles. The first kappa shape index (κ1) is 22.9. The number of nitrogens with two attached hydrogens (primary N) is 1. The van der Waals surface area contributed by atoms with Gasteiger partial charge in [-0.2, -0.15) is 0 Å². The van der Waals surface area contributed by atoms with Gasteiger partial charge in [0.15, 0.2) is 0 Å². The molecule has 0 bridgehead atoms. The highest BCUT2D eigenvalue weighted by Crippen LogP contribution is 2.25. The van der Waals surface area contributed by atoms with Crippen LogP contribution in [-0.4, -0.2) is 67.2 Å².